The van der Waals surface area contributed by atoms with Gasteiger partial charge in [0, 0.05) is 30.6 Å². The van der Waals surface area contributed by atoms with Crippen LogP contribution in [0.2, 0.25) is 5.02 Å². The Morgan fingerprint density at radius 2 is 2.19 bits per heavy atom. The van der Waals surface area contributed by atoms with Crippen molar-refractivity contribution in [2.45, 2.75) is 36.4 Å². The van der Waals surface area contributed by atoms with E-state index in [2.05, 4.69) is 19.9 Å². The maximum atomic E-state index is 6.28. The van der Waals surface area contributed by atoms with E-state index in [1.54, 1.807) is 16.4 Å². The Kier molecular flexibility index (Phi) is 5.28. The highest BCUT2D eigenvalue weighted by atomic mass is 35.5. The van der Waals surface area contributed by atoms with Crippen LogP contribution < -0.4 is 0 Å². The number of benzene rings is 1. The lowest BCUT2D eigenvalue weighted by atomic mass is 10.2. The normalized spacial score (nSPS) is 17.1. The van der Waals surface area contributed by atoms with Crippen molar-refractivity contribution in [3.63, 3.8) is 0 Å². The van der Waals surface area contributed by atoms with Crippen molar-refractivity contribution in [3.05, 3.63) is 47.2 Å². The molecule has 1 atom stereocenters. The van der Waals surface area contributed by atoms with Crippen LogP contribution in [0.25, 0.3) is 11.4 Å². The van der Waals surface area contributed by atoms with Crippen LogP contribution in [-0.2, 0) is 24.1 Å². The van der Waals surface area contributed by atoms with Gasteiger partial charge in [0.1, 0.15) is 0 Å². The second-order valence-electron chi connectivity index (χ2n) is 6.33. The van der Waals surface area contributed by atoms with E-state index in [0.717, 1.165) is 58.9 Å². The van der Waals surface area contributed by atoms with Gasteiger partial charge >= 0.3 is 0 Å². The molecule has 1 aliphatic heterocycles. The number of rotatable bonds is 6. The zero-order chi connectivity index (χ0) is 17.9. The van der Waals surface area contributed by atoms with Crippen molar-refractivity contribution in [2.24, 2.45) is 7.05 Å². The molecule has 0 bridgehead atoms. The summed E-state index contributed by atoms with van der Waals surface area (Å²) in [6, 6.07) is 7.89. The molecule has 1 saturated heterocycles. The quantitative estimate of drug-likeness (QED) is 0.600. The molecule has 0 spiro atoms. The highest BCUT2D eigenvalue weighted by Gasteiger charge is 2.22. The molecular formula is C18H20ClN5OS. The second kappa shape index (κ2) is 7.82. The number of ether oxygens (including phenoxy) is 1. The van der Waals surface area contributed by atoms with Gasteiger partial charge in [0.15, 0.2) is 11.0 Å². The van der Waals surface area contributed by atoms with E-state index < -0.39 is 0 Å². The lowest BCUT2D eigenvalue weighted by Crippen LogP contribution is -2.16. The molecule has 1 unspecified atom stereocenters. The Morgan fingerprint density at radius 3 is 2.92 bits per heavy atom. The van der Waals surface area contributed by atoms with E-state index in [1.807, 2.05) is 43.7 Å². The Morgan fingerprint density at radius 1 is 1.31 bits per heavy atom. The van der Waals surface area contributed by atoms with Gasteiger partial charge in [-0.1, -0.05) is 41.6 Å². The van der Waals surface area contributed by atoms with E-state index in [-0.39, 0.29) is 6.10 Å². The van der Waals surface area contributed by atoms with Crippen molar-refractivity contribution < 1.29 is 4.74 Å². The number of thioether (sulfide) groups is 1. The Bertz CT molecular complexity index is 887. The molecule has 26 heavy (non-hydrogen) atoms. The van der Waals surface area contributed by atoms with Gasteiger partial charge in [0.05, 0.1) is 24.4 Å². The molecule has 0 saturated carbocycles. The first kappa shape index (κ1) is 17.6. The average molecular weight is 390 g/mol. The largest absolute Gasteiger partial charge is 0.376 e. The fourth-order valence-corrected chi connectivity index (χ4v) is 4.29. The van der Waals surface area contributed by atoms with Crippen molar-refractivity contribution in [3.8, 4) is 11.4 Å². The van der Waals surface area contributed by atoms with Crippen LogP contribution in [0.4, 0.5) is 0 Å². The standard InChI is InChI=1S/C18H20ClN5OS/c1-23-10-14(9-20-23)17-21-22-18(24(17)11-15-6-4-8-25-15)26-12-13-5-2-3-7-16(13)19/h2-3,5,7,9-10,15H,4,6,8,11-12H2,1H3. The number of aryl methyl sites for hydroxylation is 1. The minimum absolute atomic E-state index is 0.209. The summed E-state index contributed by atoms with van der Waals surface area (Å²) >= 11 is 7.93. The number of hydrogen-bond acceptors (Lipinski definition) is 5. The smallest absolute Gasteiger partial charge is 0.191 e. The van der Waals surface area contributed by atoms with Gasteiger partial charge in [0.2, 0.25) is 0 Å². The predicted molar refractivity (Wildman–Crippen MR) is 102 cm³/mol. The molecule has 0 N–H and O–H groups in total. The summed E-state index contributed by atoms with van der Waals surface area (Å²) in [7, 11) is 1.90. The van der Waals surface area contributed by atoms with Gasteiger partial charge < -0.3 is 4.74 Å². The predicted octanol–water partition coefficient (Wildman–Crippen LogP) is 3.80. The first-order valence-corrected chi connectivity index (χ1v) is 9.97. The Hall–Kier alpha value is -1.83. The molecule has 1 fully saturated rings. The van der Waals surface area contributed by atoms with E-state index in [0.29, 0.717) is 0 Å². The van der Waals surface area contributed by atoms with Crippen molar-refractivity contribution in [2.75, 3.05) is 6.61 Å². The molecule has 3 aromatic rings. The number of nitrogens with zero attached hydrogens (tertiary/aromatic N) is 5. The third kappa shape index (κ3) is 3.79. The highest BCUT2D eigenvalue weighted by Crippen LogP contribution is 2.29. The third-order valence-electron chi connectivity index (χ3n) is 4.40. The van der Waals surface area contributed by atoms with E-state index >= 15 is 0 Å². The average Bonchev–Trinajstić information content (AvgIpc) is 3.37. The first-order valence-electron chi connectivity index (χ1n) is 8.61. The number of hydrogen-bond donors (Lipinski definition) is 0. The van der Waals surface area contributed by atoms with Gasteiger partial charge in [-0.25, -0.2) is 0 Å². The molecule has 8 heteroatoms. The van der Waals surface area contributed by atoms with E-state index in [9.17, 15) is 0 Å². The highest BCUT2D eigenvalue weighted by molar-refractivity contribution is 7.98. The van der Waals surface area contributed by atoms with Crippen molar-refractivity contribution in [1.82, 2.24) is 24.5 Å². The maximum Gasteiger partial charge on any atom is 0.191 e. The lowest BCUT2D eigenvalue weighted by Gasteiger charge is -2.14. The molecule has 0 radical (unpaired) electrons. The molecule has 0 aliphatic carbocycles. The summed E-state index contributed by atoms with van der Waals surface area (Å²) in [5, 5.41) is 14.8. The second-order valence-corrected chi connectivity index (χ2v) is 7.68. The molecular weight excluding hydrogens is 370 g/mol. The molecule has 1 aliphatic rings. The van der Waals surface area contributed by atoms with Crippen LogP contribution in [0.3, 0.4) is 0 Å². The van der Waals surface area contributed by atoms with Crippen LogP contribution in [-0.4, -0.2) is 37.3 Å². The zero-order valence-electron chi connectivity index (χ0n) is 14.5. The molecule has 1 aromatic carbocycles. The van der Waals surface area contributed by atoms with Crippen molar-refractivity contribution in [1.29, 1.82) is 0 Å². The number of halogens is 1. The van der Waals surface area contributed by atoms with Crippen molar-refractivity contribution >= 4 is 23.4 Å². The maximum absolute atomic E-state index is 6.28. The Balaban J connectivity index is 1.60. The molecule has 0 amide bonds. The minimum Gasteiger partial charge on any atom is -0.376 e. The van der Waals surface area contributed by atoms with Gasteiger partial charge in [-0.05, 0) is 24.5 Å². The van der Waals surface area contributed by atoms with Crippen LogP contribution in [0.1, 0.15) is 18.4 Å². The van der Waals surface area contributed by atoms with Gasteiger partial charge in [-0.3, -0.25) is 9.25 Å². The molecule has 136 valence electrons. The fraction of sp³-hybridized carbons (Fsp3) is 0.389. The van der Waals surface area contributed by atoms with Gasteiger partial charge in [-0.15, -0.1) is 10.2 Å². The fourth-order valence-electron chi connectivity index (χ4n) is 3.06. The topological polar surface area (TPSA) is 57.8 Å². The molecule has 2 aromatic heterocycles. The summed E-state index contributed by atoms with van der Waals surface area (Å²) in [6.07, 6.45) is 6.16. The SMILES string of the molecule is Cn1cc(-c2nnc(SCc3ccccc3Cl)n2CC2CCCO2)cn1. The summed E-state index contributed by atoms with van der Waals surface area (Å²) in [5.41, 5.74) is 2.05. The zero-order valence-corrected chi connectivity index (χ0v) is 16.1. The summed E-state index contributed by atoms with van der Waals surface area (Å²) in [4.78, 5) is 0. The summed E-state index contributed by atoms with van der Waals surface area (Å²) in [6.45, 7) is 1.58. The Labute approximate surface area is 161 Å². The van der Waals surface area contributed by atoms with Gasteiger partial charge in [-0.2, -0.15) is 5.10 Å². The van der Waals surface area contributed by atoms with Crippen LogP contribution in [0, 0.1) is 0 Å². The molecule has 6 nitrogen and oxygen atoms in total. The summed E-state index contributed by atoms with van der Waals surface area (Å²) in [5.74, 6) is 1.58. The minimum atomic E-state index is 0.209. The van der Waals surface area contributed by atoms with Gasteiger partial charge in [0.25, 0.3) is 0 Å². The van der Waals surface area contributed by atoms with Crippen LogP contribution in [0.15, 0.2) is 41.8 Å². The van der Waals surface area contributed by atoms with E-state index in [1.165, 1.54) is 0 Å². The number of aromatic nitrogens is 5. The lowest BCUT2D eigenvalue weighted by molar-refractivity contribution is 0.0953. The summed E-state index contributed by atoms with van der Waals surface area (Å²) < 4.78 is 9.75. The van der Waals surface area contributed by atoms with Crippen LogP contribution >= 0.6 is 23.4 Å². The monoisotopic (exact) mass is 389 g/mol. The molecule has 3 heterocycles. The molecule has 4 rings (SSSR count). The first-order chi connectivity index (χ1) is 12.7. The third-order valence-corrected chi connectivity index (χ3v) is 5.79. The van der Waals surface area contributed by atoms with E-state index in [4.69, 9.17) is 16.3 Å². The van der Waals surface area contributed by atoms with Crippen LogP contribution in [0.5, 0.6) is 0 Å².